The summed E-state index contributed by atoms with van der Waals surface area (Å²) in [6.07, 6.45) is 1.08. The van der Waals surface area contributed by atoms with Crippen LogP contribution in [0.3, 0.4) is 0 Å². The number of nitrogens with zero attached hydrogens (tertiary/aromatic N) is 2. The second kappa shape index (κ2) is 7.47. The highest BCUT2D eigenvalue weighted by Gasteiger charge is 2.36. The van der Waals surface area contributed by atoms with Gasteiger partial charge in [0.15, 0.2) is 6.61 Å². The number of hydrogen-bond acceptors (Lipinski definition) is 3. The molecule has 0 aromatic heterocycles. The molecular weight excluding hydrogens is 371 g/mol. The van der Waals surface area contributed by atoms with E-state index in [1.165, 1.54) is 11.1 Å². The Hall–Kier alpha value is -1.75. The van der Waals surface area contributed by atoms with Gasteiger partial charge in [-0.15, -0.1) is 0 Å². The number of fused-ring (bicyclic) bond motifs is 1. The van der Waals surface area contributed by atoms with E-state index in [1.807, 2.05) is 4.90 Å². The van der Waals surface area contributed by atoms with Gasteiger partial charge in [0.1, 0.15) is 5.75 Å². The van der Waals surface area contributed by atoms with Crippen molar-refractivity contribution in [2.24, 2.45) is 0 Å². The van der Waals surface area contributed by atoms with Gasteiger partial charge in [-0.05, 0) is 35.7 Å². The number of rotatable bonds is 4. The molecule has 0 N–H and O–H groups in total. The van der Waals surface area contributed by atoms with E-state index in [9.17, 15) is 4.79 Å². The average molecular weight is 391 g/mol. The summed E-state index contributed by atoms with van der Waals surface area (Å²) in [5.41, 5.74) is 2.86. The van der Waals surface area contributed by atoms with Crippen molar-refractivity contribution in [2.45, 2.75) is 19.0 Å². The third kappa shape index (κ3) is 3.68. The highest BCUT2D eigenvalue weighted by molar-refractivity contribution is 6.35. The van der Waals surface area contributed by atoms with Crippen LogP contribution in [0.15, 0.2) is 42.5 Å². The van der Waals surface area contributed by atoms with Crippen LogP contribution in [0.4, 0.5) is 0 Å². The van der Waals surface area contributed by atoms with Crippen molar-refractivity contribution in [3.8, 4) is 5.75 Å². The Labute approximate surface area is 163 Å². The Bertz CT molecular complexity index is 821. The lowest BCUT2D eigenvalue weighted by atomic mass is 9.96. The molecule has 2 aliphatic rings. The standard InChI is InChI=1S/C20H20Cl2N2O2/c21-16-5-6-19(18(22)9-16)26-13-20(25)24-11-17(12-24)23-8-7-14-3-1-2-4-15(14)10-23/h1-6,9,17H,7-8,10-13H2. The Morgan fingerprint density at radius 2 is 1.88 bits per heavy atom. The van der Waals surface area contributed by atoms with Gasteiger partial charge in [-0.25, -0.2) is 0 Å². The normalized spacial score (nSPS) is 17.5. The van der Waals surface area contributed by atoms with Crippen LogP contribution in [-0.4, -0.2) is 48.0 Å². The summed E-state index contributed by atoms with van der Waals surface area (Å²) in [7, 11) is 0. The number of likely N-dealkylation sites (tertiary alicyclic amines) is 1. The van der Waals surface area contributed by atoms with E-state index >= 15 is 0 Å². The molecule has 2 aromatic carbocycles. The summed E-state index contributed by atoms with van der Waals surface area (Å²) in [5.74, 6) is 0.471. The zero-order chi connectivity index (χ0) is 18.1. The van der Waals surface area contributed by atoms with Crippen LogP contribution < -0.4 is 4.74 Å². The van der Waals surface area contributed by atoms with Crippen molar-refractivity contribution in [2.75, 3.05) is 26.2 Å². The smallest absolute Gasteiger partial charge is 0.260 e. The van der Waals surface area contributed by atoms with Crippen LogP contribution in [0.1, 0.15) is 11.1 Å². The Morgan fingerprint density at radius 3 is 2.65 bits per heavy atom. The molecule has 4 nitrogen and oxygen atoms in total. The van der Waals surface area contributed by atoms with Crippen LogP contribution in [0.2, 0.25) is 10.0 Å². The molecule has 0 radical (unpaired) electrons. The van der Waals surface area contributed by atoms with Gasteiger partial charge in [0.05, 0.1) is 5.02 Å². The van der Waals surface area contributed by atoms with Crippen LogP contribution in [0.25, 0.3) is 0 Å². The van der Waals surface area contributed by atoms with Crippen molar-refractivity contribution in [3.05, 3.63) is 63.6 Å². The fraction of sp³-hybridized carbons (Fsp3) is 0.350. The van der Waals surface area contributed by atoms with Crippen molar-refractivity contribution in [1.29, 1.82) is 0 Å². The lowest BCUT2D eigenvalue weighted by Gasteiger charge is -2.46. The summed E-state index contributed by atoms with van der Waals surface area (Å²) in [4.78, 5) is 16.6. The number of ether oxygens (including phenoxy) is 1. The molecule has 0 atom stereocenters. The Morgan fingerprint density at radius 1 is 1.12 bits per heavy atom. The molecular formula is C20H20Cl2N2O2. The first-order valence-electron chi connectivity index (χ1n) is 8.76. The quantitative estimate of drug-likeness (QED) is 0.798. The molecule has 1 fully saturated rings. The zero-order valence-electron chi connectivity index (χ0n) is 14.3. The maximum absolute atomic E-state index is 12.3. The van der Waals surface area contributed by atoms with Crippen molar-refractivity contribution >= 4 is 29.1 Å². The number of hydrogen-bond donors (Lipinski definition) is 0. The Balaban J connectivity index is 1.26. The van der Waals surface area contributed by atoms with Gasteiger partial charge >= 0.3 is 0 Å². The minimum Gasteiger partial charge on any atom is -0.482 e. The maximum atomic E-state index is 12.3. The second-order valence-corrected chi connectivity index (χ2v) is 7.65. The minimum atomic E-state index is -0.00956. The molecule has 26 heavy (non-hydrogen) atoms. The second-order valence-electron chi connectivity index (χ2n) is 6.81. The third-order valence-electron chi connectivity index (χ3n) is 5.14. The number of amides is 1. The zero-order valence-corrected chi connectivity index (χ0v) is 15.8. The first-order chi connectivity index (χ1) is 12.6. The van der Waals surface area contributed by atoms with E-state index in [0.717, 1.165) is 32.6 Å². The van der Waals surface area contributed by atoms with Gasteiger partial charge in [-0.3, -0.25) is 9.69 Å². The summed E-state index contributed by atoms with van der Waals surface area (Å²) < 4.78 is 5.54. The molecule has 136 valence electrons. The van der Waals surface area contributed by atoms with E-state index < -0.39 is 0 Å². The van der Waals surface area contributed by atoms with Crippen LogP contribution >= 0.6 is 23.2 Å². The molecule has 1 saturated heterocycles. The molecule has 2 aliphatic heterocycles. The number of carbonyl (C=O) groups is 1. The predicted molar refractivity (Wildman–Crippen MR) is 103 cm³/mol. The largest absolute Gasteiger partial charge is 0.482 e. The predicted octanol–water partition coefficient (Wildman–Crippen LogP) is 3.64. The van der Waals surface area contributed by atoms with Crippen molar-refractivity contribution < 1.29 is 9.53 Å². The summed E-state index contributed by atoms with van der Waals surface area (Å²) >= 11 is 11.9. The molecule has 1 amide bonds. The topological polar surface area (TPSA) is 32.8 Å². The summed E-state index contributed by atoms with van der Waals surface area (Å²) in [5, 5.41) is 0.959. The van der Waals surface area contributed by atoms with Gasteiger partial charge in [-0.1, -0.05) is 47.5 Å². The molecule has 2 aromatic rings. The van der Waals surface area contributed by atoms with E-state index in [2.05, 4.69) is 29.2 Å². The molecule has 2 heterocycles. The van der Waals surface area contributed by atoms with Gasteiger partial charge in [0.2, 0.25) is 0 Å². The minimum absolute atomic E-state index is 0.00307. The fourth-order valence-corrected chi connectivity index (χ4v) is 4.01. The van der Waals surface area contributed by atoms with E-state index in [1.54, 1.807) is 18.2 Å². The molecule has 0 saturated carbocycles. The summed E-state index contributed by atoms with van der Waals surface area (Å²) in [6.45, 7) is 3.55. The first-order valence-corrected chi connectivity index (χ1v) is 9.52. The van der Waals surface area contributed by atoms with Gasteiger partial charge < -0.3 is 9.64 Å². The average Bonchev–Trinajstić information content (AvgIpc) is 2.59. The van der Waals surface area contributed by atoms with Gasteiger partial charge in [0, 0.05) is 37.2 Å². The van der Waals surface area contributed by atoms with Gasteiger partial charge in [-0.2, -0.15) is 0 Å². The number of carbonyl (C=O) groups excluding carboxylic acids is 1. The third-order valence-corrected chi connectivity index (χ3v) is 5.67. The highest BCUT2D eigenvalue weighted by Crippen LogP contribution is 2.28. The van der Waals surface area contributed by atoms with Crippen LogP contribution in [0.5, 0.6) is 5.75 Å². The van der Waals surface area contributed by atoms with Crippen molar-refractivity contribution in [1.82, 2.24) is 9.80 Å². The fourth-order valence-electron chi connectivity index (χ4n) is 3.54. The highest BCUT2D eigenvalue weighted by atomic mass is 35.5. The Kier molecular flexibility index (Phi) is 5.07. The first kappa shape index (κ1) is 17.7. The SMILES string of the molecule is O=C(COc1ccc(Cl)cc1Cl)N1CC(N2CCc3ccccc3C2)C1. The van der Waals surface area contributed by atoms with Gasteiger partial charge in [0.25, 0.3) is 5.91 Å². The van der Waals surface area contributed by atoms with E-state index in [0.29, 0.717) is 21.8 Å². The monoisotopic (exact) mass is 390 g/mol. The lowest BCUT2D eigenvalue weighted by molar-refractivity contribution is -0.141. The molecule has 6 heteroatoms. The lowest BCUT2D eigenvalue weighted by Crippen LogP contribution is -2.62. The molecule has 4 rings (SSSR count). The molecule has 0 bridgehead atoms. The van der Waals surface area contributed by atoms with Crippen LogP contribution in [-0.2, 0) is 17.8 Å². The molecule has 0 aliphatic carbocycles. The van der Waals surface area contributed by atoms with Crippen LogP contribution in [0, 0.1) is 0 Å². The maximum Gasteiger partial charge on any atom is 0.260 e. The van der Waals surface area contributed by atoms with E-state index in [-0.39, 0.29) is 12.5 Å². The van der Waals surface area contributed by atoms with E-state index in [4.69, 9.17) is 27.9 Å². The van der Waals surface area contributed by atoms with Crippen molar-refractivity contribution in [3.63, 3.8) is 0 Å². The number of halogens is 2. The molecule has 0 spiro atoms. The molecule has 0 unspecified atom stereocenters. The number of benzene rings is 2. The summed E-state index contributed by atoms with van der Waals surface area (Å²) in [6, 6.07) is 14.0.